The van der Waals surface area contributed by atoms with Crippen molar-refractivity contribution in [2.45, 2.75) is 25.6 Å². The summed E-state index contributed by atoms with van der Waals surface area (Å²) in [6, 6.07) is -2.30. The largest absolute Gasteiger partial charge is 0.405 e. The van der Waals surface area contributed by atoms with Crippen LogP contribution in [0.2, 0.25) is 0 Å². The molecule has 0 fully saturated rings. The quantitative estimate of drug-likeness (QED) is 0.659. The van der Waals surface area contributed by atoms with Crippen LogP contribution in [0.25, 0.3) is 0 Å². The van der Waals surface area contributed by atoms with E-state index in [0.717, 1.165) is 0 Å². The zero-order chi connectivity index (χ0) is 14.9. The van der Waals surface area contributed by atoms with Gasteiger partial charge < -0.3 is 15.4 Å². The van der Waals surface area contributed by atoms with Gasteiger partial charge in [0.15, 0.2) is 0 Å². The Morgan fingerprint density at radius 2 is 2.00 bits per heavy atom. The summed E-state index contributed by atoms with van der Waals surface area (Å²) in [7, 11) is 2.88. The molecule has 19 heavy (non-hydrogen) atoms. The number of carbonyl (C=O) groups is 1. The Labute approximate surface area is 111 Å². The molecule has 5 nitrogen and oxygen atoms in total. The van der Waals surface area contributed by atoms with Crippen molar-refractivity contribution in [3.8, 4) is 0 Å². The van der Waals surface area contributed by atoms with Crippen molar-refractivity contribution in [2.24, 2.45) is 0 Å². The van der Waals surface area contributed by atoms with E-state index in [1.54, 1.807) is 6.92 Å². The highest BCUT2D eigenvalue weighted by molar-refractivity contribution is 5.73. The summed E-state index contributed by atoms with van der Waals surface area (Å²) < 4.78 is 43.4. The van der Waals surface area contributed by atoms with Crippen molar-refractivity contribution in [2.75, 3.05) is 40.4 Å². The fourth-order valence-corrected chi connectivity index (χ4v) is 1.55. The number of halogens is 3. The molecule has 0 rings (SSSR count). The lowest BCUT2D eigenvalue weighted by Crippen LogP contribution is -2.52. The predicted octanol–water partition coefficient (Wildman–Crippen LogP) is 1.20. The number of hydrogen-bond acceptors (Lipinski definition) is 3. The fourth-order valence-electron chi connectivity index (χ4n) is 1.55. The number of nitrogens with one attached hydrogen (secondary N) is 2. The molecule has 0 spiro atoms. The predicted molar refractivity (Wildman–Crippen MR) is 66.0 cm³/mol. The number of nitrogens with zero attached hydrogens (tertiary/aromatic N) is 1. The van der Waals surface area contributed by atoms with Crippen molar-refractivity contribution in [1.82, 2.24) is 15.5 Å². The minimum absolute atomic E-state index is 0.245. The van der Waals surface area contributed by atoms with Gasteiger partial charge in [-0.3, -0.25) is 4.90 Å². The molecule has 2 N–H and O–H groups in total. The van der Waals surface area contributed by atoms with Crippen LogP contribution < -0.4 is 10.6 Å². The van der Waals surface area contributed by atoms with Gasteiger partial charge in [-0.25, -0.2) is 4.79 Å². The second-order valence-corrected chi connectivity index (χ2v) is 4.12. The third-order valence-electron chi connectivity index (χ3n) is 2.56. The first-order chi connectivity index (χ1) is 8.82. The van der Waals surface area contributed by atoms with Crippen molar-refractivity contribution >= 4 is 6.03 Å². The number of urea groups is 1. The highest BCUT2D eigenvalue weighted by Crippen LogP contribution is 2.23. The van der Waals surface area contributed by atoms with Crippen LogP contribution in [0, 0.1) is 0 Å². The Balaban J connectivity index is 4.34. The van der Waals surface area contributed by atoms with Gasteiger partial charge in [0.25, 0.3) is 0 Å². The maximum Gasteiger partial charge on any atom is 0.405 e. The summed E-state index contributed by atoms with van der Waals surface area (Å²) in [5.41, 5.74) is 0. The summed E-state index contributed by atoms with van der Waals surface area (Å²) >= 11 is 0. The molecule has 0 aromatic carbocycles. The zero-order valence-corrected chi connectivity index (χ0v) is 11.5. The highest BCUT2D eigenvalue weighted by Gasteiger charge is 2.42. The van der Waals surface area contributed by atoms with Gasteiger partial charge in [0.2, 0.25) is 0 Å². The number of alkyl halides is 3. The minimum atomic E-state index is -4.39. The first kappa shape index (κ1) is 18.0. The van der Waals surface area contributed by atoms with Crippen LogP contribution in [0.15, 0.2) is 0 Å². The first-order valence-electron chi connectivity index (χ1n) is 6.10. The smallest absolute Gasteiger partial charge is 0.385 e. The van der Waals surface area contributed by atoms with Gasteiger partial charge in [-0.15, -0.1) is 0 Å². The van der Waals surface area contributed by atoms with Crippen LogP contribution in [0.5, 0.6) is 0 Å². The van der Waals surface area contributed by atoms with Crippen LogP contribution in [0.4, 0.5) is 18.0 Å². The van der Waals surface area contributed by atoms with E-state index in [-0.39, 0.29) is 6.54 Å². The molecule has 1 atom stereocenters. The average molecular weight is 285 g/mol. The zero-order valence-electron chi connectivity index (χ0n) is 11.5. The molecular weight excluding hydrogens is 263 g/mol. The fraction of sp³-hybridized carbons (Fsp3) is 0.909. The van der Waals surface area contributed by atoms with Crippen LogP contribution in [0.1, 0.15) is 13.3 Å². The number of likely N-dealkylation sites (N-methyl/N-ethyl adjacent to an activating group) is 1. The van der Waals surface area contributed by atoms with Crippen LogP contribution in [-0.2, 0) is 4.74 Å². The van der Waals surface area contributed by atoms with E-state index in [1.807, 2.05) is 0 Å². The normalized spacial score (nSPS) is 13.4. The van der Waals surface area contributed by atoms with E-state index in [9.17, 15) is 18.0 Å². The molecule has 0 aromatic rings. The molecule has 0 aliphatic carbocycles. The van der Waals surface area contributed by atoms with Gasteiger partial charge in [-0.1, -0.05) is 0 Å². The van der Waals surface area contributed by atoms with Gasteiger partial charge in [0, 0.05) is 33.4 Å². The maximum absolute atomic E-state index is 12.9. The lowest BCUT2D eigenvalue weighted by Gasteiger charge is -2.30. The van der Waals surface area contributed by atoms with E-state index in [0.29, 0.717) is 19.6 Å². The van der Waals surface area contributed by atoms with E-state index in [1.165, 1.54) is 19.1 Å². The molecule has 0 bridgehead atoms. The molecule has 114 valence electrons. The number of amides is 2. The molecule has 0 saturated carbocycles. The third-order valence-corrected chi connectivity index (χ3v) is 2.56. The topological polar surface area (TPSA) is 53.6 Å². The molecular formula is C11H22F3N3O2. The molecule has 0 heterocycles. The van der Waals surface area contributed by atoms with E-state index in [2.05, 4.69) is 10.6 Å². The Kier molecular flexibility index (Phi) is 8.49. The van der Waals surface area contributed by atoms with Crippen molar-refractivity contribution in [3.05, 3.63) is 0 Å². The Morgan fingerprint density at radius 3 is 2.47 bits per heavy atom. The summed E-state index contributed by atoms with van der Waals surface area (Å²) in [5.74, 6) is 0. The molecule has 8 heteroatoms. The van der Waals surface area contributed by atoms with Gasteiger partial charge in [-0.2, -0.15) is 13.2 Å². The molecule has 1 unspecified atom stereocenters. The Bertz CT molecular complexity index is 262. The van der Waals surface area contributed by atoms with Crippen LogP contribution in [-0.4, -0.2) is 63.5 Å². The molecule has 0 aromatic heterocycles. The Hall–Kier alpha value is -1.02. The van der Waals surface area contributed by atoms with Gasteiger partial charge in [-0.05, 0) is 20.4 Å². The Morgan fingerprint density at radius 1 is 1.37 bits per heavy atom. The molecule has 0 radical (unpaired) electrons. The number of rotatable bonds is 8. The monoisotopic (exact) mass is 285 g/mol. The lowest BCUT2D eigenvalue weighted by molar-refractivity contribution is -0.178. The first-order valence-corrected chi connectivity index (χ1v) is 6.10. The van der Waals surface area contributed by atoms with Gasteiger partial charge in [0.05, 0.1) is 0 Å². The number of methoxy groups -OCH3 is 1. The van der Waals surface area contributed by atoms with E-state index >= 15 is 0 Å². The number of carbonyl (C=O) groups excluding carboxylic acids is 1. The van der Waals surface area contributed by atoms with Crippen molar-refractivity contribution < 1.29 is 22.7 Å². The summed E-state index contributed by atoms with van der Waals surface area (Å²) in [6.07, 6.45) is -3.89. The standard InChI is InChI=1S/C11H22F3N3O2/c1-4-15-10(18)16-8-9(11(12,13)14)17(2)6-5-7-19-3/h9H,4-8H2,1-3H3,(H2,15,16,18). The number of hydrogen-bond donors (Lipinski definition) is 2. The summed E-state index contributed by atoms with van der Waals surface area (Å²) in [5, 5.41) is 4.61. The van der Waals surface area contributed by atoms with Gasteiger partial charge in [0.1, 0.15) is 6.04 Å². The maximum atomic E-state index is 12.9. The number of ether oxygens (including phenoxy) is 1. The molecule has 0 saturated heterocycles. The highest BCUT2D eigenvalue weighted by atomic mass is 19.4. The summed E-state index contributed by atoms with van der Waals surface area (Å²) in [4.78, 5) is 12.3. The SMILES string of the molecule is CCNC(=O)NCC(N(C)CCCOC)C(F)(F)F. The summed E-state index contributed by atoms with van der Waals surface area (Å²) in [6.45, 7) is 2.23. The average Bonchev–Trinajstić information content (AvgIpc) is 2.28. The van der Waals surface area contributed by atoms with Crippen LogP contribution >= 0.6 is 0 Å². The second-order valence-electron chi connectivity index (χ2n) is 4.12. The van der Waals surface area contributed by atoms with E-state index in [4.69, 9.17) is 4.74 Å². The van der Waals surface area contributed by atoms with Crippen molar-refractivity contribution in [1.29, 1.82) is 0 Å². The third kappa shape index (κ3) is 7.89. The molecule has 0 aliphatic heterocycles. The van der Waals surface area contributed by atoms with E-state index < -0.39 is 24.8 Å². The molecule has 2 amide bonds. The second kappa shape index (κ2) is 8.98. The van der Waals surface area contributed by atoms with Crippen molar-refractivity contribution in [3.63, 3.8) is 0 Å². The molecule has 0 aliphatic rings. The van der Waals surface area contributed by atoms with Gasteiger partial charge >= 0.3 is 12.2 Å². The minimum Gasteiger partial charge on any atom is -0.385 e. The van der Waals surface area contributed by atoms with Crippen LogP contribution in [0.3, 0.4) is 0 Å². The lowest BCUT2D eigenvalue weighted by atomic mass is 10.2.